The summed E-state index contributed by atoms with van der Waals surface area (Å²) in [5.41, 5.74) is 2.94. The third-order valence-electron chi connectivity index (χ3n) is 3.36. The number of hydrogen-bond acceptors (Lipinski definition) is 5. The number of aromatic nitrogens is 2. The molecule has 2 aromatic carbocycles. The van der Waals surface area contributed by atoms with Crippen LogP contribution in [0.3, 0.4) is 0 Å². The summed E-state index contributed by atoms with van der Waals surface area (Å²) >= 11 is 0. The second-order valence-electron chi connectivity index (χ2n) is 5.04. The molecule has 0 aliphatic heterocycles. The van der Waals surface area contributed by atoms with Crippen LogP contribution in [0.4, 0.5) is 0 Å². The number of hydrogen-bond donors (Lipinski definition) is 0. The van der Waals surface area contributed by atoms with E-state index in [1.54, 1.807) is 30.6 Å². The van der Waals surface area contributed by atoms with E-state index in [-0.39, 0.29) is 12.2 Å². The number of ether oxygens (including phenoxy) is 1. The molecule has 5 nitrogen and oxygen atoms in total. The summed E-state index contributed by atoms with van der Waals surface area (Å²) in [7, 11) is 0. The van der Waals surface area contributed by atoms with E-state index in [0.717, 1.165) is 11.1 Å². The van der Waals surface area contributed by atoms with Crippen LogP contribution in [-0.2, 0) is 16.1 Å². The van der Waals surface area contributed by atoms with Gasteiger partial charge in [-0.25, -0.2) is 4.79 Å². The molecule has 0 spiro atoms. The van der Waals surface area contributed by atoms with Crippen LogP contribution >= 0.6 is 0 Å². The maximum atomic E-state index is 12.1. The number of nitriles is 1. The molecule has 0 aliphatic carbocycles. The van der Waals surface area contributed by atoms with Crippen molar-refractivity contribution in [3.63, 3.8) is 0 Å². The Morgan fingerprint density at radius 2 is 1.83 bits per heavy atom. The molecule has 116 valence electrons. The SMILES string of the molecule is N#C/C(=C\c1ccc2nccnc2c1)C(=O)OCc1ccccc1. The smallest absolute Gasteiger partial charge is 0.349 e. The summed E-state index contributed by atoms with van der Waals surface area (Å²) in [6, 6.07) is 16.5. The Balaban J connectivity index is 1.77. The Bertz CT molecular complexity index is 943. The first-order chi connectivity index (χ1) is 11.8. The summed E-state index contributed by atoms with van der Waals surface area (Å²) in [6.45, 7) is 0.127. The molecule has 1 heterocycles. The molecule has 1 aromatic heterocycles. The van der Waals surface area contributed by atoms with Gasteiger partial charge in [-0.3, -0.25) is 9.97 Å². The van der Waals surface area contributed by atoms with Crippen molar-refractivity contribution in [3.8, 4) is 6.07 Å². The summed E-state index contributed by atoms with van der Waals surface area (Å²) in [5, 5.41) is 9.22. The Kier molecular flexibility index (Phi) is 4.59. The van der Waals surface area contributed by atoms with E-state index in [0.29, 0.717) is 11.1 Å². The minimum Gasteiger partial charge on any atom is -0.457 e. The second kappa shape index (κ2) is 7.16. The number of nitrogens with zero attached hydrogens (tertiary/aromatic N) is 3. The topological polar surface area (TPSA) is 75.9 Å². The Morgan fingerprint density at radius 3 is 2.58 bits per heavy atom. The maximum absolute atomic E-state index is 12.1. The van der Waals surface area contributed by atoms with Gasteiger partial charge in [0.1, 0.15) is 18.2 Å². The first-order valence-electron chi connectivity index (χ1n) is 7.30. The average Bonchev–Trinajstić information content (AvgIpc) is 2.65. The molecule has 24 heavy (non-hydrogen) atoms. The van der Waals surface area contributed by atoms with Crippen LogP contribution in [0.1, 0.15) is 11.1 Å². The van der Waals surface area contributed by atoms with Crippen LogP contribution in [0.2, 0.25) is 0 Å². The van der Waals surface area contributed by atoms with Crippen LogP contribution in [0, 0.1) is 11.3 Å². The lowest BCUT2D eigenvalue weighted by molar-refractivity contribution is -0.139. The van der Waals surface area contributed by atoms with E-state index in [1.807, 2.05) is 36.4 Å². The van der Waals surface area contributed by atoms with Gasteiger partial charge in [0.25, 0.3) is 0 Å². The number of carbonyl (C=O) groups is 1. The van der Waals surface area contributed by atoms with Gasteiger partial charge in [0.2, 0.25) is 0 Å². The largest absolute Gasteiger partial charge is 0.457 e. The standard InChI is InChI=1S/C19H13N3O2/c20-12-16(19(23)24-13-14-4-2-1-3-5-14)10-15-6-7-17-18(11-15)22-9-8-21-17/h1-11H,13H2/b16-10+. The van der Waals surface area contributed by atoms with Gasteiger partial charge in [0.15, 0.2) is 0 Å². The molecule has 0 radical (unpaired) electrons. The van der Waals surface area contributed by atoms with Crippen molar-refractivity contribution in [2.75, 3.05) is 0 Å². The highest BCUT2D eigenvalue weighted by molar-refractivity contribution is 5.98. The quantitative estimate of drug-likeness (QED) is 0.419. The monoisotopic (exact) mass is 315 g/mol. The number of benzene rings is 2. The zero-order valence-corrected chi connectivity index (χ0v) is 12.7. The fourth-order valence-corrected chi connectivity index (χ4v) is 2.17. The third-order valence-corrected chi connectivity index (χ3v) is 3.36. The van der Waals surface area contributed by atoms with Gasteiger partial charge in [-0.05, 0) is 29.3 Å². The van der Waals surface area contributed by atoms with Crippen LogP contribution in [-0.4, -0.2) is 15.9 Å². The van der Waals surface area contributed by atoms with Crippen molar-refractivity contribution in [2.45, 2.75) is 6.61 Å². The van der Waals surface area contributed by atoms with Crippen molar-refractivity contribution >= 4 is 23.1 Å². The zero-order valence-electron chi connectivity index (χ0n) is 12.7. The van der Waals surface area contributed by atoms with E-state index < -0.39 is 5.97 Å². The Labute approximate surface area is 138 Å². The molecular weight excluding hydrogens is 302 g/mol. The fraction of sp³-hybridized carbons (Fsp3) is 0.0526. The first kappa shape index (κ1) is 15.4. The third kappa shape index (κ3) is 3.62. The zero-order chi connectivity index (χ0) is 16.8. The molecule has 0 N–H and O–H groups in total. The highest BCUT2D eigenvalue weighted by Crippen LogP contribution is 2.15. The molecule has 0 aliphatic rings. The van der Waals surface area contributed by atoms with Crippen molar-refractivity contribution in [1.82, 2.24) is 9.97 Å². The van der Waals surface area contributed by atoms with Gasteiger partial charge >= 0.3 is 5.97 Å². The number of esters is 1. The molecule has 0 saturated heterocycles. The fourth-order valence-electron chi connectivity index (χ4n) is 2.17. The lowest BCUT2D eigenvalue weighted by atomic mass is 10.1. The van der Waals surface area contributed by atoms with Crippen LogP contribution in [0.5, 0.6) is 0 Å². The van der Waals surface area contributed by atoms with Crippen molar-refractivity contribution < 1.29 is 9.53 Å². The van der Waals surface area contributed by atoms with Gasteiger partial charge in [0, 0.05) is 12.4 Å². The molecule has 0 atom stereocenters. The average molecular weight is 315 g/mol. The minimum absolute atomic E-state index is 0.0610. The number of fused-ring (bicyclic) bond motifs is 1. The van der Waals surface area contributed by atoms with Gasteiger partial charge in [-0.15, -0.1) is 0 Å². The van der Waals surface area contributed by atoms with Crippen molar-refractivity contribution in [3.05, 3.63) is 77.6 Å². The number of carbonyl (C=O) groups excluding carboxylic acids is 1. The first-order valence-corrected chi connectivity index (χ1v) is 7.30. The van der Waals surface area contributed by atoms with Gasteiger partial charge in [0.05, 0.1) is 11.0 Å². The van der Waals surface area contributed by atoms with Crippen LogP contribution < -0.4 is 0 Å². The predicted molar refractivity (Wildman–Crippen MR) is 89.4 cm³/mol. The molecule has 0 bridgehead atoms. The molecule has 3 aromatic rings. The highest BCUT2D eigenvalue weighted by atomic mass is 16.5. The van der Waals surface area contributed by atoms with E-state index in [9.17, 15) is 10.1 Å². The summed E-state index contributed by atoms with van der Waals surface area (Å²) in [6.07, 6.45) is 4.69. The molecule has 3 rings (SSSR count). The Morgan fingerprint density at radius 1 is 1.08 bits per heavy atom. The summed E-state index contributed by atoms with van der Waals surface area (Å²) < 4.78 is 5.18. The van der Waals surface area contributed by atoms with Crippen molar-refractivity contribution in [2.24, 2.45) is 0 Å². The second-order valence-corrected chi connectivity index (χ2v) is 5.04. The van der Waals surface area contributed by atoms with E-state index in [1.165, 1.54) is 6.08 Å². The maximum Gasteiger partial charge on any atom is 0.349 e. The molecule has 0 saturated carbocycles. The summed E-state index contributed by atoms with van der Waals surface area (Å²) in [4.78, 5) is 20.5. The van der Waals surface area contributed by atoms with E-state index >= 15 is 0 Å². The normalized spacial score (nSPS) is 11.0. The van der Waals surface area contributed by atoms with Crippen molar-refractivity contribution in [1.29, 1.82) is 5.26 Å². The highest BCUT2D eigenvalue weighted by Gasteiger charge is 2.11. The predicted octanol–water partition coefficient (Wildman–Crippen LogP) is 3.28. The summed E-state index contributed by atoms with van der Waals surface area (Å²) in [5.74, 6) is -0.652. The van der Waals surface area contributed by atoms with E-state index in [4.69, 9.17) is 4.74 Å². The minimum atomic E-state index is -0.652. The van der Waals surface area contributed by atoms with Gasteiger partial charge in [-0.2, -0.15) is 5.26 Å². The van der Waals surface area contributed by atoms with Crippen LogP contribution in [0.25, 0.3) is 17.1 Å². The lowest BCUT2D eigenvalue weighted by Crippen LogP contribution is -2.06. The molecule has 0 fully saturated rings. The number of rotatable bonds is 4. The molecule has 5 heteroatoms. The molecule has 0 amide bonds. The lowest BCUT2D eigenvalue weighted by Gasteiger charge is -2.04. The van der Waals surface area contributed by atoms with Gasteiger partial charge < -0.3 is 4.74 Å². The molecule has 0 unspecified atom stereocenters. The molecular formula is C19H13N3O2. The van der Waals surface area contributed by atoms with Gasteiger partial charge in [-0.1, -0.05) is 36.4 Å². The van der Waals surface area contributed by atoms with Crippen LogP contribution in [0.15, 0.2) is 66.5 Å². The van der Waals surface area contributed by atoms with E-state index in [2.05, 4.69) is 9.97 Å². The Hall–Kier alpha value is -3.52.